The number of hydrogen-bond acceptors (Lipinski definition) is 4. The summed E-state index contributed by atoms with van der Waals surface area (Å²) in [7, 11) is 0. The molecule has 1 fully saturated rings. The Morgan fingerprint density at radius 1 is 1.23 bits per heavy atom. The molecule has 0 spiro atoms. The van der Waals surface area contributed by atoms with Crippen molar-refractivity contribution in [1.82, 2.24) is 9.47 Å². The summed E-state index contributed by atoms with van der Waals surface area (Å²) in [6.07, 6.45) is -1.53. The first kappa shape index (κ1) is 24.6. The van der Waals surface area contributed by atoms with E-state index < -0.39 is 6.36 Å². The van der Waals surface area contributed by atoms with Gasteiger partial charge in [-0.25, -0.2) is 0 Å². The van der Waals surface area contributed by atoms with Gasteiger partial charge in [0.2, 0.25) is 0 Å². The van der Waals surface area contributed by atoms with Crippen LogP contribution in [-0.4, -0.2) is 45.3 Å². The van der Waals surface area contributed by atoms with Crippen LogP contribution >= 0.6 is 0 Å². The first-order valence-corrected chi connectivity index (χ1v) is 10.2. The Morgan fingerprint density at radius 2 is 1.81 bits per heavy atom. The molecule has 0 saturated carbocycles. The number of rotatable bonds is 5. The van der Waals surface area contributed by atoms with Gasteiger partial charge in [-0.2, -0.15) is 5.26 Å². The second kappa shape index (κ2) is 10.1. The van der Waals surface area contributed by atoms with Gasteiger partial charge in [-0.1, -0.05) is 6.92 Å². The van der Waals surface area contributed by atoms with Gasteiger partial charge in [-0.05, 0) is 70.4 Å². The molecule has 3 rings (SSSR count). The van der Waals surface area contributed by atoms with Gasteiger partial charge < -0.3 is 9.67 Å². The third kappa shape index (κ3) is 6.42. The number of ketones is 1. The molecule has 5 nitrogen and oxygen atoms in total. The lowest BCUT2D eigenvalue weighted by Gasteiger charge is -2.26. The zero-order valence-corrected chi connectivity index (χ0v) is 18.2. The van der Waals surface area contributed by atoms with Crippen LogP contribution < -0.4 is 0 Å². The Hall–Kier alpha value is -2.63. The molecule has 1 aromatic carbocycles. The van der Waals surface area contributed by atoms with Gasteiger partial charge in [0.15, 0.2) is 5.78 Å². The second-order valence-corrected chi connectivity index (χ2v) is 7.83. The highest BCUT2D eigenvalue weighted by Crippen LogP contribution is 2.27. The SMILES string of the molecule is CCC1CCC(C)N1CC(=O)c1cc(C)n(-c2ccc(C#N)cc2)c1C.OC(F)(F)F. The normalized spacial score (nSPS) is 18.9. The quantitative estimate of drug-likeness (QED) is 0.678. The first-order chi connectivity index (χ1) is 14.5. The maximum atomic E-state index is 13.0. The zero-order chi connectivity index (χ0) is 23.3. The second-order valence-electron chi connectivity index (χ2n) is 7.83. The van der Waals surface area contributed by atoms with E-state index in [1.165, 1.54) is 12.8 Å². The van der Waals surface area contributed by atoms with Gasteiger partial charge in [0.1, 0.15) is 0 Å². The minimum atomic E-state index is -5.00. The molecule has 1 aromatic heterocycles. The number of aromatic nitrogens is 1. The average Bonchev–Trinajstić information content (AvgIpc) is 3.19. The zero-order valence-electron chi connectivity index (χ0n) is 18.2. The van der Waals surface area contributed by atoms with Crippen molar-refractivity contribution in [2.45, 2.75) is 65.4 Å². The van der Waals surface area contributed by atoms with E-state index in [9.17, 15) is 18.0 Å². The van der Waals surface area contributed by atoms with Gasteiger partial charge in [-0.15, -0.1) is 13.2 Å². The largest absolute Gasteiger partial charge is 0.519 e. The van der Waals surface area contributed by atoms with Crippen LogP contribution in [0.5, 0.6) is 0 Å². The van der Waals surface area contributed by atoms with Crippen LogP contribution in [0, 0.1) is 25.2 Å². The predicted octanol–water partition coefficient (Wildman–Crippen LogP) is 4.91. The summed E-state index contributed by atoms with van der Waals surface area (Å²) in [4.78, 5) is 15.4. The summed E-state index contributed by atoms with van der Waals surface area (Å²) >= 11 is 0. The van der Waals surface area contributed by atoms with Gasteiger partial charge in [0, 0.05) is 34.7 Å². The van der Waals surface area contributed by atoms with E-state index in [0.717, 1.165) is 29.1 Å². The summed E-state index contributed by atoms with van der Waals surface area (Å²) in [5, 5.41) is 15.5. The van der Waals surface area contributed by atoms with E-state index in [1.807, 2.05) is 44.2 Å². The molecule has 8 heteroatoms. The number of halogens is 3. The lowest BCUT2D eigenvalue weighted by molar-refractivity contribution is -0.295. The summed E-state index contributed by atoms with van der Waals surface area (Å²) in [6, 6.07) is 12.6. The summed E-state index contributed by atoms with van der Waals surface area (Å²) in [6.45, 7) is 8.95. The number of alkyl halides is 3. The van der Waals surface area contributed by atoms with E-state index >= 15 is 0 Å². The highest BCUT2D eigenvalue weighted by molar-refractivity contribution is 5.99. The van der Waals surface area contributed by atoms with Crippen LogP contribution in [0.2, 0.25) is 0 Å². The molecule has 2 unspecified atom stereocenters. The number of nitriles is 1. The molecule has 2 atom stereocenters. The van der Waals surface area contributed by atoms with Gasteiger partial charge >= 0.3 is 6.36 Å². The number of carbonyl (C=O) groups excluding carboxylic acids is 1. The topological polar surface area (TPSA) is 69.3 Å². The van der Waals surface area contributed by atoms with Crippen LogP contribution in [0.25, 0.3) is 5.69 Å². The van der Waals surface area contributed by atoms with Crippen molar-refractivity contribution in [2.75, 3.05) is 6.54 Å². The fraction of sp³-hybridized carbons (Fsp3) is 0.478. The molecule has 1 saturated heterocycles. The number of hydrogen-bond donors (Lipinski definition) is 1. The standard InChI is InChI=1S/C22H27N3O.CHF3O/c1-5-19-9-6-15(2)24(19)14-22(26)21-12-16(3)25(17(21)4)20-10-7-18(13-23)8-11-20;2-1(3,4)5/h7-8,10-12,15,19H,5-6,9,14H2,1-4H3;5H. The molecule has 0 radical (unpaired) electrons. The monoisotopic (exact) mass is 435 g/mol. The van der Waals surface area contributed by atoms with Crippen LogP contribution in [-0.2, 0) is 0 Å². The number of nitrogens with zero attached hydrogens (tertiary/aromatic N) is 3. The lowest BCUT2D eigenvalue weighted by atomic mass is 10.1. The van der Waals surface area contributed by atoms with Crippen molar-refractivity contribution in [2.24, 2.45) is 0 Å². The first-order valence-electron chi connectivity index (χ1n) is 10.2. The van der Waals surface area contributed by atoms with Gasteiger partial charge in [-0.3, -0.25) is 9.69 Å². The minimum Gasteiger partial charge on any atom is -0.318 e. The fourth-order valence-corrected chi connectivity index (χ4v) is 4.23. The summed E-state index contributed by atoms with van der Waals surface area (Å²) in [5.41, 5.74) is 4.44. The molecule has 1 N–H and O–H groups in total. The van der Waals surface area contributed by atoms with E-state index in [0.29, 0.717) is 24.2 Å². The Bertz CT molecular complexity index is 937. The van der Waals surface area contributed by atoms with Crippen molar-refractivity contribution in [1.29, 1.82) is 5.26 Å². The molecule has 0 aliphatic carbocycles. The molecule has 168 valence electrons. The molecule has 1 aliphatic heterocycles. The molecule has 31 heavy (non-hydrogen) atoms. The fourth-order valence-electron chi connectivity index (χ4n) is 4.23. The molecule has 0 bridgehead atoms. The number of aryl methyl sites for hydroxylation is 1. The van der Waals surface area contributed by atoms with Crippen LogP contribution in [0.4, 0.5) is 13.2 Å². The predicted molar refractivity (Wildman–Crippen MR) is 112 cm³/mol. The highest BCUT2D eigenvalue weighted by Gasteiger charge is 2.31. The molecule has 1 aliphatic rings. The molecular formula is C23H28F3N3O2. The maximum absolute atomic E-state index is 13.0. The van der Waals surface area contributed by atoms with E-state index in [2.05, 4.69) is 29.4 Å². The number of carbonyl (C=O) groups is 1. The number of likely N-dealkylation sites (tertiary alicyclic amines) is 1. The number of benzene rings is 1. The highest BCUT2D eigenvalue weighted by atomic mass is 19.4. The Labute approximate surface area is 180 Å². The van der Waals surface area contributed by atoms with E-state index in [1.54, 1.807) is 0 Å². The minimum absolute atomic E-state index is 0.199. The van der Waals surface area contributed by atoms with E-state index in [-0.39, 0.29) is 5.78 Å². The number of Topliss-reactive ketones (excluding diaryl/α,β-unsaturated/α-hetero) is 1. The summed E-state index contributed by atoms with van der Waals surface area (Å²) in [5.74, 6) is 0.199. The molecular weight excluding hydrogens is 407 g/mol. The van der Waals surface area contributed by atoms with Crippen molar-refractivity contribution in [3.63, 3.8) is 0 Å². The smallest absolute Gasteiger partial charge is 0.318 e. The van der Waals surface area contributed by atoms with Crippen molar-refractivity contribution in [3.05, 3.63) is 52.8 Å². The Morgan fingerprint density at radius 3 is 2.32 bits per heavy atom. The van der Waals surface area contributed by atoms with Crippen molar-refractivity contribution < 1.29 is 23.1 Å². The summed E-state index contributed by atoms with van der Waals surface area (Å²) < 4.78 is 31.8. The van der Waals surface area contributed by atoms with Crippen LogP contribution in [0.1, 0.15) is 60.4 Å². The van der Waals surface area contributed by atoms with Crippen molar-refractivity contribution in [3.8, 4) is 11.8 Å². The Kier molecular flexibility index (Phi) is 8.04. The molecule has 0 amide bonds. The van der Waals surface area contributed by atoms with Crippen molar-refractivity contribution >= 4 is 5.78 Å². The maximum Gasteiger partial charge on any atom is 0.519 e. The van der Waals surface area contributed by atoms with Gasteiger partial charge in [0.25, 0.3) is 0 Å². The van der Waals surface area contributed by atoms with Crippen LogP contribution in [0.15, 0.2) is 30.3 Å². The molecule has 2 aromatic rings. The third-order valence-electron chi connectivity index (χ3n) is 5.74. The van der Waals surface area contributed by atoms with Gasteiger partial charge in [0.05, 0.1) is 18.2 Å². The number of aliphatic hydroxyl groups is 1. The molecule has 2 heterocycles. The van der Waals surface area contributed by atoms with Crippen LogP contribution in [0.3, 0.4) is 0 Å². The third-order valence-corrected chi connectivity index (χ3v) is 5.74. The average molecular weight is 435 g/mol. The lowest BCUT2D eigenvalue weighted by Crippen LogP contribution is -2.38. The van der Waals surface area contributed by atoms with E-state index in [4.69, 9.17) is 10.4 Å². The Balaban J connectivity index is 0.000000614.